The minimum absolute atomic E-state index is 0.0300. The SMILES string of the molecule is CC(c1noc2ccc(F)cc12)S(=O)(=O)C1=NOC(C)(C)C1. The number of aromatic nitrogens is 1. The number of oxime groups is 1. The number of benzene rings is 1. The first-order valence-electron chi connectivity index (χ1n) is 6.74. The Kier molecular flexibility index (Phi) is 3.24. The third-order valence-corrected chi connectivity index (χ3v) is 5.64. The summed E-state index contributed by atoms with van der Waals surface area (Å²) in [6, 6.07) is 3.86. The third-order valence-electron chi connectivity index (χ3n) is 3.61. The molecule has 1 aliphatic rings. The maximum atomic E-state index is 13.4. The Morgan fingerprint density at radius 1 is 1.36 bits per heavy atom. The summed E-state index contributed by atoms with van der Waals surface area (Å²) in [6.07, 6.45) is 0.184. The third kappa shape index (κ3) is 2.37. The van der Waals surface area contributed by atoms with Crippen LogP contribution in [-0.2, 0) is 14.7 Å². The van der Waals surface area contributed by atoms with Crippen LogP contribution in [0.15, 0.2) is 27.9 Å². The largest absolute Gasteiger partial charge is 0.389 e. The number of hydrogen-bond acceptors (Lipinski definition) is 6. The van der Waals surface area contributed by atoms with Gasteiger partial charge in [0.15, 0.2) is 10.6 Å². The lowest BCUT2D eigenvalue weighted by molar-refractivity contribution is 0.0123. The highest BCUT2D eigenvalue weighted by molar-refractivity contribution is 8.06. The minimum atomic E-state index is -3.76. The van der Waals surface area contributed by atoms with Crippen molar-refractivity contribution in [1.29, 1.82) is 0 Å². The summed E-state index contributed by atoms with van der Waals surface area (Å²) in [7, 11) is -3.76. The lowest BCUT2D eigenvalue weighted by Crippen LogP contribution is -2.25. The average molecular weight is 326 g/mol. The van der Waals surface area contributed by atoms with Crippen LogP contribution in [0.1, 0.15) is 38.1 Å². The van der Waals surface area contributed by atoms with Crippen LogP contribution in [0.25, 0.3) is 11.0 Å². The van der Waals surface area contributed by atoms with Crippen molar-refractivity contribution < 1.29 is 22.2 Å². The Hall–Kier alpha value is -1.96. The molecule has 3 rings (SSSR count). The molecule has 0 N–H and O–H groups in total. The van der Waals surface area contributed by atoms with Crippen molar-refractivity contribution >= 4 is 25.9 Å². The Labute approximate surface area is 126 Å². The summed E-state index contributed by atoms with van der Waals surface area (Å²) in [5.41, 5.74) is -0.148. The van der Waals surface area contributed by atoms with Gasteiger partial charge >= 0.3 is 0 Å². The van der Waals surface area contributed by atoms with Gasteiger partial charge in [-0.1, -0.05) is 10.3 Å². The van der Waals surface area contributed by atoms with Gasteiger partial charge in [0.05, 0.1) is 0 Å². The van der Waals surface area contributed by atoms with Crippen molar-refractivity contribution in [3.63, 3.8) is 0 Å². The van der Waals surface area contributed by atoms with Gasteiger partial charge in [0.2, 0.25) is 9.84 Å². The van der Waals surface area contributed by atoms with E-state index in [1.54, 1.807) is 13.8 Å². The van der Waals surface area contributed by atoms with E-state index in [9.17, 15) is 12.8 Å². The number of sulfone groups is 1. The molecule has 2 aromatic rings. The van der Waals surface area contributed by atoms with Crippen LogP contribution in [0.4, 0.5) is 4.39 Å². The molecule has 118 valence electrons. The Morgan fingerprint density at radius 3 is 2.73 bits per heavy atom. The molecule has 1 atom stereocenters. The molecule has 2 heterocycles. The lowest BCUT2D eigenvalue weighted by Gasteiger charge is -2.14. The first-order valence-corrected chi connectivity index (χ1v) is 8.29. The van der Waals surface area contributed by atoms with Gasteiger partial charge in [-0.2, -0.15) is 0 Å². The number of rotatable bonds is 2. The van der Waals surface area contributed by atoms with Gasteiger partial charge < -0.3 is 9.36 Å². The van der Waals surface area contributed by atoms with E-state index in [0.29, 0.717) is 11.0 Å². The minimum Gasteiger partial charge on any atom is -0.389 e. The molecule has 1 aliphatic heterocycles. The molecule has 0 saturated carbocycles. The van der Waals surface area contributed by atoms with Gasteiger partial charge in [0.1, 0.15) is 22.4 Å². The molecule has 8 heteroatoms. The number of fused-ring (bicyclic) bond motifs is 1. The zero-order valence-electron chi connectivity index (χ0n) is 12.3. The van der Waals surface area contributed by atoms with E-state index in [1.807, 2.05) is 0 Å². The fourth-order valence-electron chi connectivity index (χ4n) is 2.33. The van der Waals surface area contributed by atoms with Crippen molar-refractivity contribution in [3.05, 3.63) is 29.7 Å². The Morgan fingerprint density at radius 2 is 2.09 bits per heavy atom. The molecule has 6 nitrogen and oxygen atoms in total. The summed E-state index contributed by atoms with van der Waals surface area (Å²) in [5, 5.41) is 6.78. The van der Waals surface area contributed by atoms with E-state index < -0.39 is 26.5 Å². The van der Waals surface area contributed by atoms with Crippen molar-refractivity contribution in [3.8, 4) is 0 Å². The molecule has 1 aromatic carbocycles. The Bertz CT molecular complexity index is 870. The van der Waals surface area contributed by atoms with Crippen molar-refractivity contribution in [1.82, 2.24) is 5.16 Å². The first-order chi connectivity index (χ1) is 10.2. The predicted molar refractivity (Wildman–Crippen MR) is 78.5 cm³/mol. The van der Waals surface area contributed by atoms with Crippen LogP contribution in [0.2, 0.25) is 0 Å². The second kappa shape index (κ2) is 4.77. The highest BCUT2D eigenvalue weighted by Crippen LogP contribution is 2.34. The molecule has 22 heavy (non-hydrogen) atoms. The molecule has 0 bridgehead atoms. The van der Waals surface area contributed by atoms with Gasteiger partial charge in [-0.15, -0.1) is 0 Å². The van der Waals surface area contributed by atoms with E-state index >= 15 is 0 Å². The van der Waals surface area contributed by atoms with Crippen LogP contribution in [0.5, 0.6) is 0 Å². The van der Waals surface area contributed by atoms with Gasteiger partial charge in [0.25, 0.3) is 0 Å². The standard InChI is InChI=1S/C14H15FN2O4S/c1-8(22(18,19)12-7-14(2,3)21-16-12)13-10-6-9(15)4-5-11(10)20-17-13/h4-6,8H,7H2,1-3H3. The Balaban J connectivity index is 2.02. The smallest absolute Gasteiger partial charge is 0.203 e. The molecule has 0 aliphatic carbocycles. The van der Waals surface area contributed by atoms with Gasteiger partial charge in [-0.3, -0.25) is 0 Å². The molecule has 0 spiro atoms. The maximum absolute atomic E-state index is 13.4. The highest BCUT2D eigenvalue weighted by atomic mass is 32.2. The number of hydrogen-bond donors (Lipinski definition) is 0. The zero-order valence-corrected chi connectivity index (χ0v) is 13.1. The second-order valence-electron chi connectivity index (χ2n) is 5.91. The number of nitrogens with zero attached hydrogens (tertiary/aromatic N) is 2. The highest BCUT2D eigenvalue weighted by Gasteiger charge is 2.40. The van der Waals surface area contributed by atoms with E-state index in [0.717, 1.165) is 0 Å². The van der Waals surface area contributed by atoms with Crippen molar-refractivity contribution in [2.75, 3.05) is 0 Å². The lowest BCUT2D eigenvalue weighted by atomic mass is 10.1. The summed E-state index contributed by atoms with van der Waals surface area (Å²) in [5.74, 6) is -0.482. The molecule has 0 saturated heterocycles. The summed E-state index contributed by atoms with van der Waals surface area (Å²) < 4.78 is 43.8. The molecule has 0 amide bonds. The van der Waals surface area contributed by atoms with Gasteiger partial charge in [-0.25, -0.2) is 12.8 Å². The van der Waals surface area contributed by atoms with Gasteiger partial charge in [-0.05, 0) is 39.0 Å². The van der Waals surface area contributed by atoms with Crippen LogP contribution in [0, 0.1) is 5.82 Å². The monoisotopic (exact) mass is 326 g/mol. The van der Waals surface area contributed by atoms with Crippen LogP contribution < -0.4 is 0 Å². The second-order valence-corrected chi connectivity index (χ2v) is 8.18. The van der Waals surface area contributed by atoms with E-state index in [2.05, 4.69) is 10.3 Å². The average Bonchev–Trinajstić information content (AvgIpc) is 3.01. The van der Waals surface area contributed by atoms with E-state index in [1.165, 1.54) is 25.1 Å². The predicted octanol–water partition coefficient (Wildman–Crippen LogP) is 2.96. The summed E-state index contributed by atoms with van der Waals surface area (Å²) >= 11 is 0. The molecular weight excluding hydrogens is 311 g/mol. The molecule has 0 fully saturated rings. The summed E-state index contributed by atoms with van der Waals surface area (Å²) in [4.78, 5) is 5.12. The van der Waals surface area contributed by atoms with E-state index in [-0.39, 0.29) is 17.2 Å². The molecular formula is C14H15FN2O4S. The normalized spacial score (nSPS) is 19.0. The van der Waals surface area contributed by atoms with Crippen LogP contribution in [0.3, 0.4) is 0 Å². The van der Waals surface area contributed by atoms with Crippen molar-refractivity contribution in [2.45, 2.75) is 38.0 Å². The first kappa shape index (κ1) is 15.0. The summed E-state index contributed by atoms with van der Waals surface area (Å²) in [6.45, 7) is 4.99. The zero-order chi connectivity index (χ0) is 16.1. The molecule has 0 radical (unpaired) electrons. The molecule has 1 unspecified atom stereocenters. The maximum Gasteiger partial charge on any atom is 0.203 e. The van der Waals surface area contributed by atoms with Gasteiger partial charge in [0, 0.05) is 11.8 Å². The fraction of sp³-hybridized carbons (Fsp3) is 0.429. The topological polar surface area (TPSA) is 81.8 Å². The number of halogens is 1. The fourth-order valence-corrected chi connectivity index (χ4v) is 3.89. The quantitative estimate of drug-likeness (QED) is 0.847. The van der Waals surface area contributed by atoms with Crippen molar-refractivity contribution in [2.24, 2.45) is 5.16 Å². The van der Waals surface area contributed by atoms with Crippen LogP contribution >= 0.6 is 0 Å². The van der Waals surface area contributed by atoms with Crippen LogP contribution in [-0.4, -0.2) is 24.2 Å². The molecule has 1 aromatic heterocycles. The van der Waals surface area contributed by atoms with E-state index in [4.69, 9.17) is 9.36 Å².